The molecule has 2 atom stereocenters. The van der Waals surface area contributed by atoms with Crippen molar-refractivity contribution in [1.82, 2.24) is 4.90 Å². The van der Waals surface area contributed by atoms with Gasteiger partial charge >= 0.3 is 0 Å². The Hall–Kier alpha value is -1.39. The van der Waals surface area contributed by atoms with Crippen molar-refractivity contribution in [3.63, 3.8) is 0 Å². The van der Waals surface area contributed by atoms with Crippen molar-refractivity contribution in [2.75, 3.05) is 20.2 Å². The number of hydrogen-bond donors (Lipinski definition) is 1. The van der Waals surface area contributed by atoms with Crippen molar-refractivity contribution in [3.8, 4) is 0 Å². The van der Waals surface area contributed by atoms with Crippen molar-refractivity contribution >= 4 is 5.91 Å². The van der Waals surface area contributed by atoms with E-state index in [0.717, 1.165) is 19.4 Å². The van der Waals surface area contributed by atoms with Gasteiger partial charge in [0.05, 0.1) is 18.6 Å². The van der Waals surface area contributed by atoms with E-state index in [0.29, 0.717) is 13.0 Å². The second kappa shape index (κ2) is 8.15. The molecule has 0 aliphatic carbocycles. The first kappa shape index (κ1) is 16.0. The minimum atomic E-state index is -0.183. The van der Waals surface area contributed by atoms with Crippen molar-refractivity contribution in [2.45, 2.75) is 44.2 Å². The average Bonchev–Trinajstić information content (AvgIpc) is 2.79. The lowest BCUT2D eigenvalue weighted by Gasteiger charge is -2.31. The van der Waals surface area contributed by atoms with Gasteiger partial charge in [0, 0.05) is 20.2 Å². The van der Waals surface area contributed by atoms with Gasteiger partial charge in [-0.15, -0.1) is 0 Å². The summed E-state index contributed by atoms with van der Waals surface area (Å²) < 4.78 is 5.26. The van der Waals surface area contributed by atoms with Crippen LogP contribution in [0.5, 0.6) is 0 Å². The molecule has 0 saturated carbocycles. The Kier molecular flexibility index (Phi) is 6.21. The van der Waals surface area contributed by atoms with Crippen molar-refractivity contribution < 1.29 is 9.53 Å². The Balaban J connectivity index is 2.14. The van der Waals surface area contributed by atoms with Gasteiger partial charge in [-0.1, -0.05) is 43.2 Å². The summed E-state index contributed by atoms with van der Waals surface area (Å²) in [5.74, 6) is 0.156. The third kappa shape index (κ3) is 4.29. The van der Waals surface area contributed by atoms with E-state index >= 15 is 0 Å². The topological polar surface area (TPSA) is 55.6 Å². The lowest BCUT2D eigenvalue weighted by Crippen LogP contribution is -2.38. The number of carbonyl (C=O) groups is 1. The van der Waals surface area contributed by atoms with Gasteiger partial charge in [0.15, 0.2) is 0 Å². The number of hydrogen-bond acceptors (Lipinski definition) is 3. The van der Waals surface area contributed by atoms with Gasteiger partial charge in [0.2, 0.25) is 5.91 Å². The third-order valence-electron chi connectivity index (χ3n) is 4.26. The third-order valence-corrected chi connectivity index (χ3v) is 4.26. The second-order valence-corrected chi connectivity index (χ2v) is 5.66. The molecule has 1 aromatic carbocycles. The molecule has 0 aromatic heterocycles. The fourth-order valence-electron chi connectivity index (χ4n) is 3.00. The molecule has 0 radical (unpaired) electrons. The molecule has 116 valence electrons. The number of nitrogens with zero attached hydrogens (tertiary/aromatic N) is 1. The van der Waals surface area contributed by atoms with E-state index in [1.54, 1.807) is 7.11 Å². The van der Waals surface area contributed by atoms with Crippen LogP contribution in [0.4, 0.5) is 0 Å². The van der Waals surface area contributed by atoms with E-state index in [1.165, 1.54) is 18.4 Å². The molecule has 1 fully saturated rings. The molecule has 1 aromatic rings. The van der Waals surface area contributed by atoms with Crippen molar-refractivity contribution in [3.05, 3.63) is 35.9 Å². The molecule has 1 saturated heterocycles. The highest BCUT2D eigenvalue weighted by Crippen LogP contribution is 2.30. The van der Waals surface area contributed by atoms with Crippen LogP contribution in [0, 0.1) is 0 Å². The zero-order valence-electron chi connectivity index (χ0n) is 12.8. The van der Waals surface area contributed by atoms with Crippen LogP contribution in [0.25, 0.3) is 0 Å². The van der Waals surface area contributed by atoms with Gasteiger partial charge in [0.1, 0.15) is 0 Å². The molecule has 4 heteroatoms. The lowest BCUT2D eigenvalue weighted by molar-refractivity contribution is -0.136. The molecular weight excluding hydrogens is 264 g/mol. The Bertz CT molecular complexity index is 432. The minimum Gasteiger partial charge on any atom is -0.380 e. The van der Waals surface area contributed by atoms with E-state index in [9.17, 15) is 4.79 Å². The largest absolute Gasteiger partial charge is 0.380 e. The summed E-state index contributed by atoms with van der Waals surface area (Å²) in [6.45, 7) is 1.21. The lowest BCUT2D eigenvalue weighted by atomic mass is 10.0. The zero-order valence-corrected chi connectivity index (χ0v) is 12.8. The first-order valence-corrected chi connectivity index (χ1v) is 7.83. The number of nitrogens with two attached hydrogens (primary N) is 1. The average molecular weight is 290 g/mol. The molecule has 1 heterocycles. The molecule has 1 aliphatic heterocycles. The van der Waals surface area contributed by atoms with Gasteiger partial charge in [-0.2, -0.15) is 0 Å². The molecule has 0 spiro atoms. The number of methoxy groups -OCH3 is 1. The quantitative estimate of drug-likeness (QED) is 0.906. The summed E-state index contributed by atoms with van der Waals surface area (Å²) in [6, 6.07) is 10.5. The highest BCUT2D eigenvalue weighted by Gasteiger charge is 2.27. The number of benzene rings is 1. The highest BCUT2D eigenvalue weighted by atomic mass is 16.5. The number of likely N-dealkylation sites (tertiary alicyclic amines) is 1. The summed E-state index contributed by atoms with van der Waals surface area (Å²) in [7, 11) is 1.61. The summed E-state index contributed by atoms with van der Waals surface area (Å²) in [4.78, 5) is 14.7. The van der Waals surface area contributed by atoms with Crippen LogP contribution in [-0.4, -0.2) is 37.1 Å². The summed E-state index contributed by atoms with van der Waals surface area (Å²) >= 11 is 0. The van der Waals surface area contributed by atoms with Gasteiger partial charge in [-0.3, -0.25) is 4.79 Å². The molecule has 1 amide bonds. The van der Waals surface area contributed by atoms with Crippen LogP contribution in [0.1, 0.15) is 43.7 Å². The van der Waals surface area contributed by atoms with E-state index < -0.39 is 0 Å². The van der Waals surface area contributed by atoms with Gasteiger partial charge in [-0.25, -0.2) is 0 Å². The van der Waals surface area contributed by atoms with Gasteiger partial charge in [0.25, 0.3) is 0 Å². The number of rotatable bonds is 5. The van der Waals surface area contributed by atoms with Crippen LogP contribution in [0.3, 0.4) is 0 Å². The van der Waals surface area contributed by atoms with Crippen LogP contribution in [0.2, 0.25) is 0 Å². The van der Waals surface area contributed by atoms with E-state index in [4.69, 9.17) is 10.5 Å². The van der Waals surface area contributed by atoms with Crippen LogP contribution in [-0.2, 0) is 9.53 Å². The van der Waals surface area contributed by atoms with Crippen molar-refractivity contribution in [1.29, 1.82) is 0 Å². The zero-order chi connectivity index (χ0) is 15.1. The maximum atomic E-state index is 12.7. The van der Waals surface area contributed by atoms with Crippen LogP contribution in [0.15, 0.2) is 30.3 Å². The van der Waals surface area contributed by atoms with Crippen LogP contribution < -0.4 is 5.73 Å². The SMILES string of the molecule is COC(CN)CC(=O)N1CCCCCC1c1ccccc1. The minimum absolute atomic E-state index is 0.156. The first-order valence-electron chi connectivity index (χ1n) is 7.83. The summed E-state index contributed by atoms with van der Waals surface area (Å²) in [6.07, 6.45) is 4.67. The predicted octanol–water partition coefficient (Wildman–Crippen LogP) is 2.49. The predicted molar refractivity (Wildman–Crippen MR) is 83.8 cm³/mol. The normalized spacial score (nSPS) is 20.9. The Morgan fingerprint density at radius 1 is 1.33 bits per heavy atom. The maximum absolute atomic E-state index is 12.7. The Morgan fingerprint density at radius 3 is 2.76 bits per heavy atom. The smallest absolute Gasteiger partial charge is 0.225 e. The van der Waals surface area contributed by atoms with E-state index in [-0.39, 0.29) is 18.1 Å². The van der Waals surface area contributed by atoms with Gasteiger partial charge < -0.3 is 15.4 Å². The fraction of sp³-hybridized carbons (Fsp3) is 0.588. The van der Waals surface area contributed by atoms with Crippen LogP contribution >= 0.6 is 0 Å². The molecule has 4 nitrogen and oxygen atoms in total. The number of carbonyl (C=O) groups excluding carboxylic acids is 1. The summed E-state index contributed by atoms with van der Waals surface area (Å²) in [5, 5.41) is 0. The standard InChI is InChI=1S/C17H26N2O2/c1-21-15(13-18)12-17(20)19-11-7-3-6-10-16(19)14-8-4-2-5-9-14/h2,4-5,8-9,15-16H,3,6-7,10-13,18H2,1H3. The second-order valence-electron chi connectivity index (χ2n) is 5.66. The Labute approximate surface area is 127 Å². The highest BCUT2D eigenvalue weighted by molar-refractivity contribution is 5.77. The maximum Gasteiger partial charge on any atom is 0.225 e. The molecular formula is C17H26N2O2. The molecule has 2 rings (SSSR count). The number of ether oxygens (including phenoxy) is 1. The fourth-order valence-corrected chi connectivity index (χ4v) is 3.00. The van der Waals surface area contributed by atoms with E-state index in [2.05, 4.69) is 12.1 Å². The molecule has 1 aliphatic rings. The molecule has 2 N–H and O–H groups in total. The first-order chi connectivity index (χ1) is 10.3. The van der Waals surface area contributed by atoms with Gasteiger partial charge in [-0.05, 0) is 18.4 Å². The molecule has 21 heavy (non-hydrogen) atoms. The monoisotopic (exact) mass is 290 g/mol. The molecule has 0 bridgehead atoms. The van der Waals surface area contributed by atoms with E-state index in [1.807, 2.05) is 23.1 Å². The summed E-state index contributed by atoms with van der Waals surface area (Å²) in [5.41, 5.74) is 6.87. The number of amides is 1. The van der Waals surface area contributed by atoms with Crippen molar-refractivity contribution in [2.24, 2.45) is 5.73 Å². The molecule has 2 unspecified atom stereocenters. The Morgan fingerprint density at radius 2 is 2.10 bits per heavy atom.